The third-order valence-corrected chi connectivity index (χ3v) is 3.94. The van der Waals surface area contributed by atoms with Crippen molar-refractivity contribution >= 4 is 17.0 Å². The number of hydrogen-bond donors (Lipinski definition) is 1. The van der Waals surface area contributed by atoms with Gasteiger partial charge in [-0.05, 0) is 31.4 Å². The number of nitrogens with two attached hydrogens (primary N) is 1. The van der Waals surface area contributed by atoms with E-state index in [0.717, 1.165) is 36.0 Å². The molecular weight excluding hydrogens is 254 g/mol. The number of fused-ring (bicyclic) bond motifs is 1. The van der Waals surface area contributed by atoms with Crippen LogP contribution in [0.3, 0.4) is 0 Å². The number of nitrogen functional groups attached to an aromatic ring is 1. The first kappa shape index (κ1) is 13.2. The SMILES string of the molecule is CCCOc1cccc2c1nc(N)n2C1CC(OC)C1. The summed E-state index contributed by atoms with van der Waals surface area (Å²) in [5.74, 6) is 1.38. The fourth-order valence-electron chi connectivity index (χ4n) is 2.76. The number of imidazole rings is 1. The third-order valence-electron chi connectivity index (χ3n) is 3.94. The van der Waals surface area contributed by atoms with Crippen molar-refractivity contribution in [2.45, 2.75) is 38.3 Å². The maximum Gasteiger partial charge on any atom is 0.201 e. The second-order valence-corrected chi connectivity index (χ2v) is 5.30. The van der Waals surface area contributed by atoms with Crippen LogP contribution >= 0.6 is 0 Å². The minimum absolute atomic E-state index is 0.344. The molecule has 1 aromatic heterocycles. The fraction of sp³-hybridized carbons (Fsp3) is 0.533. The molecule has 0 spiro atoms. The van der Waals surface area contributed by atoms with Gasteiger partial charge in [-0.2, -0.15) is 0 Å². The maximum atomic E-state index is 6.10. The lowest BCUT2D eigenvalue weighted by Gasteiger charge is -2.35. The van der Waals surface area contributed by atoms with Crippen molar-refractivity contribution < 1.29 is 9.47 Å². The van der Waals surface area contributed by atoms with Gasteiger partial charge >= 0.3 is 0 Å². The van der Waals surface area contributed by atoms with Crippen LogP contribution in [0.5, 0.6) is 5.75 Å². The van der Waals surface area contributed by atoms with Crippen LogP contribution in [0.4, 0.5) is 5.95 Å². The third kappa shape index (κ3) is 2.12. The van der Waals surface area contributed by atoms with E-state index in [2.05, 4.69) is 22.5 Å². The van der Waals surface area contributed by atoms with Crippen LogP contribution in [-0.4, -0.2) is 29.4 Å². The first-order chi connectivity index (χ1) is 9.74. The van der Waals surface area contributed by atoms with Gasteiger partial charge in [-0.25, -0.2) is 4.98 Å². The minimum Gasteiger partial charge on any atom is -0.491 e. The molecule has 108 valence electrons. The number of aromatic nitrogens is 2. The van der Waals surface area contributed by atoms with Crippen LogP contribution < -0.4 is 10.5 Å². The van der Waals surface area contributed by atoms with E-state index in [1.807, 2.05) is 12.1 Å². The second-order valence-electron chi connectivity index (χ2n) is 5.30. The van der Waals surface area contributed by atoms with E-state index in [-0.39, 0.29) is 0 Å². The molecule has 3 rings (SSSR count). The van der Waals surface area contributed by atoms with Gasteiger partial charge in [0.15, 0.2) is 0 Å². The zero-order valence-corrected chi connectivity index (χ0v) is 12.0. The number of anilines is 1. The Kier molecular flexibility index (Phi) is 3.53. The molecule has 1 saturated carbocycles. The average molecular weight is 275 g/mol. The highest BCUT2D eigenvalue weighted by Crippen LogP contribution is 2.39. The molecule has 5 nitrogen and oxygen atoms in total. The molecule has 0 bridgehead atoms. The van der Waals surface area contributed by atoms with Gasteiger partial charge in [0.1, 0.15) is 11.3 Å². The number of benzene rings is 1. The maximum absolute atomic E-state index is 6.10. The van der Waals surface area contributed by atoms with Crippen LogP contribution in [-0.2, 0) is 4.74 Å². The summed E-state index contributed by atoms with van der Waals surface area (Å²) in [7, 11) is 1.76. The topological polar surface area (TPSA) is 62.3 Å². The van der Waals surface area contributed by atoms with Gasteiger partial charge in [-0.3, -0.25) is 0 Å². The van der Waals surface area contributed by atoms with E-state index in [0.29, 0.717) is 24.7 Å². The van der Waals surface area contributed by atoms with Gasteiger partial charge in [0.2, 0.25) is 5.95 Å². The van der Waals surface area contributed by atoms with Crippen molar-refractivity contribution in [2.24, 2.45) is 0 Å². The van der Waals surface area contributed by atoms with Crippen molar-refractivity contribution in [2.75, 3.05) is 19.5 Å². The van der Waals surface area contributed by atoms with Gasteiger partial charge in [0, 0.05) is 13.2 Å². The molecule has 0 unspecified atom stereocenters. The zero-order valence-electron chi connectivity index (χ0n) is 12.0. The van der Waals surface area contributed by atoms with E-state index < -0.39 is 0 Å². The van der Waals surface area contributed by atoms with Crippen LogP contribution in [0.1, 0.15) is 32.2 Å². The minimum atomic E-state index is 0.344. The van der Waals surface area contributed by atoms with Crippen molar-refractivity contribution in [1.29, 1.82) is 0 Å². The normalized spacial score (nSPS) is 21.9. The van der Waals surface area contributed by atoms with Crippen LogP contribution in [0.15, 0.2) is 18.2 Å². The lowest BCUT2D eigenvalue weighted by Crippen LogP contribution is -2.32. The molecule has 1 aromatic carbocycles. The highest BCUT2D eigenvalue weighted by molar-refractivity contribution is 5.84. The molecule has 0 atom stereocenters. The number of rotatable bonds is 5. The summed E-state index contributed by atoms with van der Waals surface area (Å²) in [4.78, 5) is 4.49. The average Bonchev–Trinajstić information content (AvgIpc) is 2.73. The van der Waals surface area contributed by atoms with E-state index in [9.17, 15) is 0 Å². The second kappa shape index (κ2) is 5.32. The Labute approximate surface area is 118 Å². The first-order valence-electron chi connectivity index (χ1n) is 7.16. The Morgan fingerprint density at radius 1 is 1.40 bits per heavy atom. The molecular formula is C15H21N3O2. The molecule has 0 radical (unpaired) electrons. The van der Waals surface area contributed by atoms with Gasteiger partial charge in [-0.15, -0.1) is 0 Å². The van der Waals surface area contributed by atoms with Crippen molar-refractivity contribution in [1.82, 2.24) is 9.55 Å². The molecule has 0 saturated heterocycles. The smallest absolute Gasteiger partial charge is 0.201 e. The number of para-hydroxylation sites is 1. The van der Waals surface area contributed by atoms with E-state index in [1.54, 1.807) is 7.11 Å². The lowest BCUT2D eigenvalue weighted by atomic mass is 9.89. The highest BCUT2D eigenvalue weighted by Gasteiger charge is 2.32. The summed E-state index contributed by atoms with van der Waals surface area (Å²) in [6.45, 7) is 2.79. The Bertz CT molecular complexity index is 602. The highest BCUT2D eigenvalue weighted by atomic mass is 16.5. The van der Waals surface area contributed by atoms with Gasteiger partial charge < -0.3 is 19.8 Å². The van der Waals surface area contributed by atoms with Crippen LogP contribution in [0.2, 0.25) is 0 Å². The Hall–Kier alpha value is -1.75. The quantitative estimate of drug-likeness (QED) is 0.911. The summed E-state index contributed by atoms with van der Waals surface area (Å²) < 4.78 is 13.2. The van der Waals surface area contributed by atoms with Crippen molar-refractivity contribution in [3.05, 3.63) is 18.2 Å². The number of ether oxygens (including phenoxy) is 2. The van der Waals surface area contributed by atoms with E-state index in [1.165, 1.54) is 0 Å². The van der Waals surface area contributed by atoms with Crippen LogP contribution in [0.25, 0.3) is 11.0 Å². The zero-order chi connectivity index (χ0) is 14.1. The summed E-state index contributed by atoms with van der Waals surface area (Å²) in [5.41, 5.74) is 8.02. The van der Waals surface area contributed by atoms with Crippen LogP contribution in [0, 0.1) is 0 Å². The predicted molar refractivity (Wildman–Crippen MR) is 79.0 cm³/mol. The largest absolute Gasteiger partial charge is 0.491 e. The van der Waals surface area contributed by atoms with E-state index in [4.69, 9.17) is 15.2 Å². The fourth-order valence-corrected chi connectivity index (χ4v) is 2.76. The number of methoxy groups -OCH3 is 1. The Balaban J connectivity index is 1.95. The standard InChI is InChI=1S/C15H21N3O2/c1-3-7-20-13-6-4-5-12-14(13)17-15(16)18(12)10-8-11(9-10)19-2/h4-6,10-11H,3,7-9H2,1-2H3,(H2,16,17). The summed E-state index contributed by atoms with van der Waals surface area (Å²) in [6, 6.07) is 6.38. The molecule has 2 aromatic rings. The molecule has 1 fully saturated rings. The van der Waals surface area contributed by atoms with Gasteiger partial charge in [0.25, 0.3) is 0 Å². The lowest BCUT2D eigenvalue weighted by molar-refractivity contribution is 0.00798. The van der Waals surface area contributed by atoms with E-state index >= 15 is 0 Å². The van der Waals surface area contributed by atoms with Gasteiger partial charge in [0.05, 0.1) is 18.2 Å². The van der Waals surface area contributed by atoms with Crippen molar-refractivity contribution in [3.63, 3.8) is 0 Å². The molecule has 20 heavy (non-hydrogen) atoms. The van der Waals surface area contributed by atoms with Crippen molar-refractivity contribution in [3.8, 4) is 5.75 Å². The Morgan fingerprint density at radius 2 is 2.20 bits per heavy atom. The predicted octanol–water partition coefficient (Wildman–Crippen LogP) is 2.76. The molecule has 1 aliphatic carbocycles. The summed E-state index contributed by atoms with van der Waals surface area (Å²) in [5, 5.41) is 0. The molecule has 2 N–H and O–H groups in total. The molecule has 1 aliphatic rings. The first-order valence-corrected chi connectivity index (χ1v) is 7.16. The number of hydrogen-bond acceptors (Lipinski definition) is 4. The monoisotopic (exact) mass is 275 g/mol. The number of nitrogens with zero attached hydrogens (tertiary/aromatic N) is 2. The molecule has 0 amide bonds. The summed E-state index contributed by atoms with van der Waals surface area (Å²) >= 11 is 0. The molecule has 5 heteroatoms. The van der Waals surface area contributed by atoms with Gasteiger partial charge in [-0.1, -0.05) is 13.0 Å². The molecule has 0 aliphatic heterocycles. The Morgan fingerprint density at radius 3 is 2.90 bits per heavy atom. The summed E-state index contributed by atoms with van der Waals surface area (Å²) in [6.07, 6.45) is 3.31. The molecule has 1 heterocycles.